The highest BCUT2D eigenvalue weighted by Crippen LogP contribution is 2.15. The molecule has 0 aliphatic heterocycles. The predicted molar refractivity (Wildman–Crippen MR) is 111 cm³/mol. The molecule has 0 saturated heterocycles. The van der Waals surface area contributed by atoms with Crippen molar-refractivity contribution in [1.82, 2.24) is 15.6 Å². The SMILES string of the molecule is c1ccc(SCCNC(=NCc2ccccn2)NCCc2ccco2)cc1. The number of rotatable bonds is 9. The first-order valence-electron chi connectivity index (χ1n) is 9.02. The lowest BCUT2D eigenvalue weighted by atomic mass is 10.3. The normalized spacial score (nSPS) is 11.3. The van der Waals surface area contributed by atoms with Gasteiger partial charge in [-0.15, -0.1) is 11.8 Å². The minimum absolute atomic E-state index is 0.544. The minimum atomic E-state index is 0.544. The minimum Gasteiger partial charge on any atom is -0.469 e. The zero-order valence-corrected chi connectivity index (χ0v) is 16.0. The Labute approximate surface area is 164 Å². The van der Waals surface area contributed by atoms with Gasteiger partial charge in [0.25, 0.3) is 0 Å². The third-order valence-corrected chi connectivity index (χ3v) is 4.79. The summed E-state index contributed by atoms with van der Waals surface area (Å²) in [4.78, 5) is 10.3. The molecule has 2 aromatic heterocycles. The molecule has 0 fully saturated rings. The number of aromatic nitrogens is 1. The summed E-state index contributed by atoms with van der Waals surface area (Å²) >= 11 is 1.83. The topological polar surface area (TPSA) is 62.5 Å². The molecule has 3 rings (SSSR count). The molecule has 2 heterocycles. The number of guanidine groups is 1. The lowest BCUT2D eigenvalue weighted by Gasteiger charge is -2.12. The number of thioether (sulfide) groups is 1. The molecule has 0 bridgehead atoms. The summed E-state index contributed by atoms with van der Waals surface area (Å²) in [5.41, 5.74) is 0.947. The van der Waals surface area contributed by atoms with Crippen LogP contribution in [0, 0.1) is 0 Å². The average Bonchev–Trinajstić information content (AvgIpc) is 3.24. The summed E-state index contributed by atoms with van der Waals surface area (Å²) < 4.78 is 5.38. The molecule has 0 aliphatic carbocycles. The van der Waals surface area contributed by atoms with E-state index in [0.29, 0.717) is 6.54 Å². The number of hydrogen-bond donors (Lipinski definition) is 2. The van der Waals surface area contributed by atoms with E-state index >= 15 is 0 Å². The van der Waals surface area contributed by atoms with E-state index in [0.717, 1.165) is 42.7 Å². The van der Waals surface area contributed by atoms with Crippen LogP contribution in [-0.4, -0.2) is 29.8 Å². The molecule has 1 aromatic carbocycles. The molecule has 0 spiro atoms. The van der Waals surface area contributed by atoms with Crippen LogP contribution < -0.4 is 10.6 Å². The van der Waals surface area contributed by atoms with Crippen molar-refractivity contribution in [3.05, 3.63) is 84.6 Å². The van der Waals surface area contributed by atoms with Gasteiger partial charge >= 0.3 is 0 Å². The molecule has 0 amide bonds. The molecule has 2 N–H and O–H groups in total. The molecular weight excluding hydrogens is 356 g/mol. The van der Waals surface area contributed by atoms with Crippen LogP contribution in [0.2, 0.25) is 0 Å². The maximum atomic E-state index is 5.38. The number of hydrogen-bond acceptors (Lipinski definition) is 4. The van der Waals surface area contributed by atoms with Gasteiger partial charge in [-0.05, 0) is 36.4 Å². The summed E-state index contributed by atoms with van der Waals surface area (Å²) in [6.45, 7) is 2.13. The molecule has 6 heteroatoms. The zero-order chi connectivity index (χ0) is 18.6. The van der Waals surface area contributed by atoms with Gasteiger partial charge in [-0.3, -0.25) is 4.98 Å². The number of aliphatic imine (C=N–C) groups is 1. The second-order valence-corrected chi connectivity index (χ2v) is 7.00. The van der Waals surface area contributed by atoms with Crippen molar-refractivity contribution in [2.24, 2.45) is 4.99 Å². The molecule has 0 aliphatic rings. The molecule has 0 radical (unpaired) electrons. The monoisotopic (exact) mass is 380 g/mol. The van der Waals surface area contributed by atoms with E-state index in [-0.39, 0.29) is 0 Å². The van der Waals surface area contributed by atoms with Crippen LogP contribution in [0.1, 0.15) is 11.5 Å². The summed E-state index contributed by atoms with van der Waals surface area (Å²) in [6, 6.07) is 20.2. The van der Waals surface area contributed by atoms with Gasteiger partial charge in [-0.25, -0.2) is 4.99 Å². The summed E-state index contributed by atoms with van der Waals surface area (Å²) in [6.07, 6.45) is 4.30. The Morgan fingerprint density at radius 3 is 2.59 bits per heavy atom. The lowest BCUT2D eigenvalue weighted by molar-refractivity contribution is 0.507. The number of furan rings is 1. The Balaban J connectivity index is 1.48. The second-order valence-electron chi connectivity index (χ2n) is 5.83. The van der Waals surface area contributed by atoms with Gasteiger partial charge in [0.1, 0.15) is 5.76 Å². The first kappa shape index (κ1) is 19.0. The molecular formula is C21H24N4OS. The van der Waals surface area contributed by atoms with Gasteiger partial charge in [0.15, 0.2) is 5.96 Å². The Kier molecular flexibility index (Phi) is 7.82. The van der Waals surface area contributed by atoms with Crippen molar-refractivity contribution in [1.29, 1.82) is 0 Å². The van der Waals surface area contributed by atoms with Crippen molar-refractivity contribution in [3.8, 4) is 0 Å². The van der Waals surface area contributed by atoms with E-state index in [1.165, 1.54) is 4.90 Å². The van der Waals surface area contributed by atoms with Gasteiger partial charge in [0.05, 0.1) is 18.5 Å². The average molecular weight is 381 g/mol. The molecule has 0 atom stereocenters. The van der Waals surface area contributed by atoms with Crippen molar-refractivity contribution in [2.45, 2.75) is 17.9 Å². The molecule has 27 heavy (non-hydrogen) atoms. The standard InChI is InChI=1S/C21H24N4OS/c1-2-9-20(10-3-1)27-16-14-24-21(23-13-11-19-8-6-15-26-19)25-17-18-7-4-5-12-22-18/h1-10,12,15H,11,13-14,16-17H2,(H2,23,24,25). The van der Waals surface area contributed by atoms with Crippen LogP contribution >= 0.6 is 11.8 Å². The number of pyridine rings is 1. The fourth-order valence-electron chi connectivity index (χ4n) is 2.44. The van der Waals surface area contributed by atoms with Crippen molar-refractivity contribution in [3.63, 3.8) is 0 Å². The van der Waals surface area contributed by atoms with Crippen LogP contribution in [0.4, 0.5) is 0 Å². The maximum Gasteiger partial charge on any atom is 0.191 e. The smallest absolute Gasteiger partial charge is 0.191 e. The highest BCUT2D eigenvalue weighted by Gasteiger charge is 2.01. The largest absolute Gasteiger partial charge is 0.469 e. The van der Waals surface area contributed by atoms with E-state index in [4.69, 9.17) is 4.42 Å². The van der Waals surface area contributed by atoms with Crippen LogP contribution in [0.3, 0.4) is 0 Å². The first-order chi connectivity index (χ1) is 13.4. The van der Waals surface area contributed by atoms with Crippen LogP contribution in [0.15, 0.2) is 87.4 Å². The number of benzene rings is 1. The molecule has 140 valence electrons. The van der Waals surface area contributed by atoms with Gasteiger partial charge in [-0.1, -0.05) is 24.3 Å². The van der Waals surface area contributed by atoms with Gasteiger partial charge < -0.3 is 15.1 Å². The molecule has 0 saturated carbocycles. The van der Waals surface area contributed by atoms with E-state index < -0.39 is 0 Å². The summed E-state index contributed by atoms with van der Waals surface area (Å²) in [5, 5.41) is 6.77. The van der Waals surface area contributed by atoms with Gasteiger partial charge in [0.2, 0.25) is 0 Å². The second kappa shape index (κ2) is 11.1. The van der Waals surface area contributed by atoms with Crippen LogP contribution in [0.25, 0.3) is 0 Å². The quantitative estimate of drug-likeness (QED) is 0.256. The third-order valence-electron chi connectivity index (χ3n) is 3.78. The Morgan fingerprint density at radius 1 is 0.963 bits per heavy atom. The van der Waals surface area contributed by atoms with Crippen molar-refractivity contribution >= 4 is 17.7 Å². The van der Waals surface area contributed by atoms with Crippen LogP contribution in [-0.2, 0) is 13.0 Å². The molecule has 3 aromatic rings. The van der Waals surface area contributed by atoms with Crippen molar-refractivity contribution < 1.29 is 4.42 Å². The van der Waals surface area contributed by atoms with Gasteiger partial charge in [-0.2, -0.15) is 0 Å². The fraction of sp³-hybridized carbons (Fsp3) is 0.238. The fourth-order valence-corrected chi connectivity index (χ4v) is 3.23. The Hall–Kier alpha value is -2.73. The third kappa shape index (κ3) is 7.19. The Bertz CT molecular complexity index is 792. The number of nitrogens with zero attached hydrogens (tertiary/aromatic N) is 2. The van der Waals surface area contributed by atoms with E-state index in [1.54, 1.807) is 12.5 Å². The van der Waals surface area contributed by atoms with E-state index in [1.807, 2.05) is 48.2 Å². The lowest BCUT2D eigenvalue weighted by Crippen LogP contribution is -2.39. The predicted octanol–water partition coefficient (Wildman–Crippen LogP) is 3.74. The molecule has 0 unspecified atom stereocenters. The van der Waals surface area contributed by atoms with Gasteiger partial charge in [0, 0.05) is 36.4 Å². The maximum absolute atomic E-state index is 5.38. The first-order valence-corrected chi connectivity index (χ1v) is 10.0. The van der Waals surface area contributed by atoms with E-state index in [9.17, 15) is 0 Å². The Morgan fingerprint density at radius 2 is 1.81 bits per heavy atom. The zero-order valence-electron chi connectivity index (χ0n) is 15.2. The van der Waals surface area contributed by atoms with Crippen LogP contribution in [0.5, 0.6) is 0 Å². The molecule has 5 nitrogen and oxygen atoms in total. The highest BCUT2D eigenvalue weighted by molar-refractivity contribution is 7.99. The summed E-state index contributed by atoms with van der Waals surface area (Å²) in [7, 11) is 0. The number of nitrogens with one attached hydrogen (secondary N) is 2. The highest BCUT2D eigenvalue weighted by atomic mass is 32.2. The van der Waals surface area contributed by atoms with E-state index in [2.05, 4.69) is 44.9 Å². The van der Waals surface area contributed by atoms with Crippen molar-refractivity contribution in [2.75, 3.05) is 18.8 Å². The summed E-state index contributed by atoms with van der Waals surface area (Å²) in [5.74, 6) is 2.72.